The van der Waals surface area contributed by atoms with Crippen molar-refractivity contribution < 1.29 is 18.9 Å². The molecule has 24 heavy (non-hydrogen) atoms. The smallest absolute Gasteiger partial charge is 0.168 e. The van der Waals surface area contributed by atoms with Crippen LogP contribution in [0.5, 0.6) is 0 Å². The lowest BCUT2D eigenvalue weighted by Crippen LogP contribution is -2.27. The third kappa shape index (κ3) is 6.06. The van der Waals surface area contributed by atoms with Gasteiger partial charge < -0.3 is 9.94 Å². The summed E-state index contributed by atoms with van der Waals surface area (Å²) in [5.41, 5.74) is 2.05. The second kappa shape index (κ2) is 10.7. The van der Waals surface area contributed by atoms with Crippen molar-refractivity contribution in [2.75, 3.05) is 12.4 Å². The molecule has 1 aliphatic rings. The van der Waals surface area contributed by atoms with Gasteiger partial charge in [0.05, 0.1) is 11.3 Å². The first-order valence-corrected chi connectivity index (χ1v) is 10.0. The maximum Gasteiger partial charge on any atom is 0.168 e. The van der Waals surface area contributed by atoms with Crippen molar-refractivity contribution in [1.29, 1.82) is 0 Å². The van der Waals surface area contributed by atoms with E-state index in [0.717, 1.165) is 0 Å². The van der Waals surface area contributed by atoms with Crippen LogP contribution in [-0.4, -0.2) is 38.4 Å². The van der Waals surface area contributed by atoms with E-state index in [-0.39, 0.29) is 34.9 Å². The van der Waals surface area contributed by atoms with Crippen LogP contribution in [0.15, 0.2) is 28.1 Å². The molecule has 1 aliphatic carbocycles. The molecule has 0 aromatic carbocycles. The lowest BCUT2D eigenvalue weighted by molar-refractivity contribution is -0.116. The van der Waals surface area contributed by atoms with Crippen molar-refractivity contribution in [3.05, 3.63) is 22.9 Å². The van der Waals surface area contributed by atoms with Gasteiger partial charge in [0, 0.05) is 40.2 Å². The topological polar surface area (TPSA) is 76.0 Å². The molecule has 5 nitrogen and oxygen atoms in total. The Labute approximate surface area is 151 Å². The van der Waals surface area contributed by atoms with Crippen LogP contribution in [0.3, 0.4) is 0 Å². The number of allylic oxidation sites excluding steroid dienone is 2. The maximum absolute atomic E-state index is 12.5. The zero-order valence-corrected chi connectivity index (χ0v) is 16.0. The first-order valence-electron chi connectivity index (χ1n) is 8.21. The molecule has 0 aliphatic heterocycles. The maximum atomic E-state index is 12.5. The minimum Gasteiger partial charge on any atom is -0.511 e. The molecule has 1 rings (SSSR count). The molecule has 0 saturated heterocycles. The van der Waals surface area contributed by atoms with Gasteiger partial charge in [-0.2, -0.15) is 0 Å². The second-order valence-electron chi connectivity index (χ2n) is 5.78. The van der Waals surface area contributed by atoms with E-state index in [4.69, 9.17) is 16.4 Å². The number of aliphatic hydroxyl groups is 1. The Kier molecular flexibility index (Phi) is 9.29. The predicted octanol–water partition coefficient (Wildman–Crippen LogP) is 3.86. The fourth-order valence-corrected chi connectivity index (χ4v) is 3.94. The molecule has 0 fully saturated rings. The molecule has 3 atom stereocenters. The highest BCUT2D eigenvalue weighted by Gasteiger charge is 2.31. The number of carbonyl (C=O) groups is 1. The van der Waals surface area contributed by atoms with E-state index in [2.05, 4.69) is 5.16 Å². The van der Waals surface area contributed by atoms with Crippen LogP contribution in [0.25, 0.3) is 0 Å². The van der Waals surface area contributed by atoms with Gasteiger partial charge in [0.25, 0.3) is 0 Å². The van der Waals surface area contributed by atoms with E-state index in [1.54, 1.807) is 6.08 Å². The summed E-state index contributed by atoms with van der Waals surface area (Å²) in [6.45, 7) is 5.87. The molecular formula is C17H26ClNO4S. The fourth-order valence-electron chi connectivity index (χ4n) is 2.81. The summed E-state index contributed by atoms with van der Waals surface area (Å²) >= 11 is 5.40. The van der Waals surface area contributed by atoms with Gasteiger partial charge in [-0.1, -0.05) is 37.5 Å². The highest BCUT2D eigenvalue weighted by molar-refractivity contribution is 7.85. The summed E-state index contributed by atoms with van der Waals surface area (Å²) in [6, 6.07) is 0. The third-order valence-electron chi connectivity index (χ3n) is 3.98. The zero-order valence-electron chi connectivity index (χ0n) is 14.5. The van der Waals surface area contributed by atoms with E-state index < -0.39 is 10.8 Å². The molecule has 1 N–H and O–H groups in total. The number of carbonyl (C=O) groups excluding carboxylic acids is 1. The van der Waals surface area contributed by atoms with Crippen molar-refractivity contribution in [3.63, 3.8) is 0 Å². The van der Waals surface area contributed by atoms with E-state index in [1.807, 2.05) is 20.8 Å². The molecule has 0 saturated carbocycles. The van der Waals surface area contributed by atoms with E-state index >= 15 is 0 Å². The van der Waals surface area contributed by atoms with Crippen LogP contribution < -0.4 is 0 Å². The molecule has 0 amide bonds. The van der Waals surface area contributed by atoms with Gasteiger partial charge in [0.1, 0.15) is 12.4 Å². The Hall–Kier alpha value is -1.14. The monoisotopic (exact) mass is 375 g/mol. The summed E-state index contributed by atoms with van der Waals surface area (Å²) in [4.78, 5) is 17.6. The van der Waals surface area contributed by atoms with Crippen molar-refractivity contribution in [3.8, 4) is 0 Å². The van der Waals surface area contributed by atoms with E-state index in [0.29, 0.717) is 37.1 Å². The van der Waals surface area contributed by atoms with Crippen LogP contribution in [0.1, 0.15) is 46.5 Å². The molecule has 0 aromatic rings. The molecule has 0 unspecified atom stereocenters. The number of halogens is 1. The van der Waals surface area contributed by atoms with Crippen LogP contribution >= 0.6 is 11.6 Å². The van der Waals surface area contributed by atoms with Gasteiger partial charge in [-0.25, -0.2) is 0 Å². The summed E-state index contributed by atoms with van der Waals surface area (Å²) in [6.07, 6.45) is 3.48. The summed E-state index contributed by atoms with van der Waals surface area (Å²) in [7, 11) is -0.891. The van der Waals surface area contributed by atoms with Gasteiger partial charge in [0.2, 0.25) is 0 Å². The molecule has 0 aromatic heterocycles. The Balaban J connectivity index is 2.84. The van der Waals surface area contributed by atoms with Gasteiger partial charge in [-0.3, -0.25) is 9.00 Å². The molecular weight excluding hydrogens is 350 g/mol. The molecule has 0 heterocycles. The Morgan fingerprint density at radius 3 is 2.75 bits per heavy atom. The van der Waals surface area contributed by atoms with Crippen LogP contribution in [0, 0.1) is 5.92 Å². The number of rotatable bonds is 9. The molecule has 7 heteroatoms. The SMILES string of the molecule is CC/C(=N/OC/C=C/Cl)C1=C(O)C[C@H](C[C@H](C)[S@@](=O)CC)CC1=O. The summed E-state index contributed by atoms with van der Waals surface area (Å²) < 4.78 is 11.8. The number of hydrogen-bond acceptors (Lipinski definition) is 5. The van der Waals surface area contributed by atoms with Gasteiger partial charge >= 0.3 is 0 Å². The molecule has 0 radical (unpaired) electrons. The summed E-state index contributed by atoms with van der Waals surface area (Å²) in [5, 5.41) is 14.3. The highest BCUT2D eigenvalue weighted by Crippen LogP contribution is 2.31. The zero-order chi connectivity index (χ0) is 18.1. The van der Waals surface area contributed by atoms with Crippen molar-refractivity contribution in [2.45, 2.75) is 51.7 Å². The van der Waals surface area contributed by atoms with Crippen molar-refractivity contribution >= 4 is 33.9 Å². The predicted molar refractivity (Wildman–Crippen MR) is 98.8 cm³/mol. The highest BCUT2D eigenvalue weighted by atomic mass is 35.5. The van der Waals surface area contributed by atoms with E-state index in [1.165, 1.54) is 5.54 Å². The number of aliphatic hydroxyl groups excluding tert-OH is 1. The molecule has 136 valence electrons. The quantitative estimate of drug-likeness (QED) is 0.377. The van der Waals surface area contributed by atoms with Gasteiger partial charge in [-0.05, 0) is 24.8 Å². The van der Waals surface area contributed by atoms with Gasteiger partial charge in [0.15, 0.2) is 5.78 Å². The second-order valence-corrected chi connectivity index (χ2v) is 8.18. The number of ketones is 1. The lowest BCUT2D eigenvalue weighted by atomic mass is 9.82. The van der Waals surface area contributed by atoms with Crippen molar-refractivity contribution in [2.24, 2.45) is 11.1 Å². The largest absolute Gasteiger partial charge is 0.511 e. The normalized spacial score (nSPS) is 22.1. The van der Waals surface area contributed by atoms with Crippen LogP contribution in [-0.2, 0) is 20.4 Å². The molecule has 0 bridgehead atoms. The lowest BCUT2D eigenvalue weighted by Gasteiger charge is -2.25. The number of oxime groups is 1. The Bertz CT molecular complexity index is 557. The van der Waals surface area contributed by atoms with Crippen molar-refractivity contribution in [1.82, 2.24) is 0 Å². The Morgan fingerprint density at radius 2 is 2.21 bits per heavy atom. The first kappa shape index (κ1) is 20.9. The fraction of sp³-hybridized carbons (Fsp3) is 0.647. The average Bonchev–Trinajstić information content (AvgIpc) is 2.55. The minimum atomic E-state index is -0.891. The van der Waals surface area contributed by atoms with Crippen LogP contribution in [0.4, 0.5) is 0 Å². The first-order chi connectivity index (χ1) is 11.4. The standard InChI is InChI=1S/C17H26ClNO4S/c1-4-14(19-23-8-6-7-18)17-15(20)10-13(11-16(17)21)9-12(3)24(22)5-2/h6-7,12-13,20H,4-5,8-11H2,1-3H3/b7-6+,19-14-/t12-,13-,24-/m0/s1. The average molecular weight is 376 g/mol. The minimum absolute atomic E-state index is 0.0185. The molecule has 0 spiro atoms. The van der Waals surface area contributed by atoms with E-state index in [9.17, 15) is 14.1 Å². The Morgan fingerprint density at radius 1 is 1.50 bits per heavy atom. The summed E-state index contributed by atoms with van der Waals surface area (Å²) in [5.74, 6) is 0.554. The third-order valence-corrected chi connectivity index (χ3v) is 5.82. The van der Waals surface area contributed by atoms with Gasteiger partial charge in [-0.15, -0.1) is 0 Å². The number of Topliss-reactive ketones (excluding diaryl/α,β-unsaturated/α-hetero) is 1. The van der Waals surface area contributed by atoms with Crippen LogP contribution in [0.2, 0.25) is 0 Å². The number of hydrogen-bond donors (Lipinski definition) is 1. The number of nitrogens with zero attached hydrogens (tertiary/aromatic N) is 1.